The Kier molecular flexibility index (Phi) is 2.44. The zero-order chi connectivity index (χ0) is 13.5. The maximum Gasteiger partial charge on any atom is 0.259 e. The average Bonchev–Trinajstić information content (AvgIpc) is 2.92. The molecule has 0 saturated carbocycles. The Morgan fingerprint density at radius 1 is 0.950 bits per heavy atom. The first-order valence-electron chi connectivity index (χ1n) is 6.30. The standard InChI is InChI=1S/C16H10N2OS/c19-15-14(10-6-2-1-3-7-11(10)17-15)16-18-12-8-4-5-9-13(12)20-16/h1-9H,(H,17,19). The molecule has 1 aromatic heterocycles. The van der Waals surface area contributed by atoms with E-state index in [-0.39, 0.29) is 5.56 Å². The second kappa shape index (κ2) is 4.28. The third-order valence-electron chi connectivity index (χ3n) is 3.29. The molecule has 1 aliphatic carbocycles. The number of para-hydroxylation sites is 1. The topological polar surface area (TPSA) is 45.8 Å². The van der Waals surface area contributed by atoms with Crippen molar-refractivity contribution in [3.8, 4) is 21.8 Å². The molecule has 0 radical (unpaired) electrons. The summed E-state index contributed by atoms with van der Waals surface area (Å²) in [6.45, 7) is 0. The SMILES string of the molecule is O=c1[nH]c2cccccc-2c1-c1nc2ccccc2s1. The fraction of sp³-hybridized carbons (Fsp3) is 0. The lowest BCUT2D eigenvalue weighted by Crippen LogP contribution is -2.00. The normalized spacial score (nSPS) is 11.2. The van der Waals surface area contributed by atoms with Crippen LogP contribution in [0.3, 0.4) is 0 Å². The van der Waals surface area contributed by atoms with Crippen molar-refractivity contribution in [3.63, 3.8) is 0 Å². The van der Waals surface area contributed by atoms with Gasteiger partial charge in [-0.3, -0.25) is 4.79 Å². The monoisotopic (exact) mass is 278 g/mol. The van der Waals surface area contributed by atoms with E-state index in [1.54, 1.807) is 11.3 Å². The van der Waals surface area contributed by atoms with E-state index < -0.39 is 0 Å². The summed E-state index contributed by atoms with van der Waals surface area (Å²) in [5.74, 6) is 0. The van der Waals surface area contributed by atoms with Gasteiger partial charge in [0.2, 0.25) is 0 Å². The quantitative estimate of drug-likeness (QED) is 0.576. The lowest BCUT2D eigenvalue weighted by molar-refractivity contribution is 1.32. The van der Waals surface area contributed by atoms with Crippen molar-refractivity contribution in [2.75, 3.05) is 0 Å². The summed E-state index contributed by atoms with van der Waals surface area (Å²) in [6.07, 6.45) is 0. The number of rotatable bonds is 1. The Bertz CT molecular complexity index is 905. The van der Waals surface area contributed by atoms with Crippen molar-refractivity contribution in [2.24, 2.45) is 0 Å². The number of hydrogen-bond donors (Lipinski definition) is 1. The maximum absolute atomic E-state index is 12.2. The molecule has 0 bridgehead atoms. The van der Waals surface area contributed by atoms with E-state index in [1.807, 2.05) is 54.6 Å². The molecule has 4 heteroatoms. The first-order chi connectivity index (χ1) is 9.83. The highest BCUT2D eigenvalue weighted by molar-refractivity contribution is 7.21. The van der Waals surface area contributed by atoms with Crippen LogP contribution in [0.5, 0.6) is 0 Å². The van der Waals surface area contributed by atoms with E-state index in [9.17, 15) is 4.79 Å². The molecule has 0 spiro atoms. The number of H-pyrrole nitrogens is 1. The van der Waals surface area contributed by atoms with Crippen LogP contribution in [0.25, 0.3) is 32.0 Å². The Hall–Kier alpha value is -2.46. The van der Waals surface area contributed by atoms with Crippen molar-refractivity contribution in [3.05, 3.63) is 65.0 Å². The van der Waals surface area contributed by atoms with E-state index >= 15 is 0 Å². The second-order valence-electron chi connectivity index (χ2n) is 4.55. The molecule has 0 amide bonds. The van der Waals surface area contributed by atoms with Gasteiger partial charge in [-0.15, -0.1) is 11.3 Å². The average molecular weight is 278 g/mol. The first-order valence-corrected chi connectivity index (χ1v) is 7.11. The number of aromatic nitrogens is 2. The van der Waals surface area contributed by atoms with Gasteiger partial charge < -0.3 is 4.98 Å². The number of aromatic amines is 1. The van der Waals surface area contributed by atoms with Gasteiger partial charge in [0.1, 0.15) is 5.01 Å². The number of nitrogens with zero attached hydrogens (tertiary/aromatic N) is 1. The molecule has 0 fully saturated rings. The summed E-state index contributed by atoms with van der Waals surface area (Å²) in [7, 11) is 0. The fourth-order valence-corrected chi connectivity index (χ4v) is 3.39. The van der Waals surface area contributed by atoms with Crippen LogP contribution in [0.1, 0.15) is 0 Å². The number of thiazole rings is 1. The second-order valence-corrected chi connectivity index (χ2v) is 5.58. The molecular formula is C16H10N2OS. The van der Waals surface area contributed by atoms with Gasteiger partial charge in [-0.05, 0) is 18.2 Å². The molecule has 2 aliphatic rings. The Labute approximate surface area is 118 Å². The van der Waals surface area contributed by atoms with Crippen molar-refractivity contribution in [1.29, 1.82) is 0 Å². The van der Waals surface area contributed by atoms with Crippen LogP contribution < -0.4 is 5.56 Å². The molecule has 0 atom stereocenters. The highest BCUT2D eigenvalue weighted by Gasteiger charge is 2.18. The van der Waals surface area contributed by atoms with Gasteiger partial charge in [0, 0.05) is 11.3 Å². The van der Waals surface area contributed by atoms with E-state index in [0.29, 0.717) is 5.56 Å². The van der Waals surface area contributed by atoms with Crippen LogP contribution in [-0.4, -0.2) is 9.97 Å². The fourth-order valence-electron chi connectivity index (χ4n) is 2.37. The Balaban J connectivity index is 2.04. The highest BCUT2D eigenvalue weighted by atomic mass is 32.1. The molecule has 2 heterocycles. The van der Waals surface area contributed by atoms with Gasteiger partial charge in [0.05, 0.1) is 15.8 Å². The lowest BCUT2D eigenvalue weighted by atomic mass is 10.1. The molecule has 0 unspecified atom stereocenters. The summed E-state index contributed by atoms with van der Waals surface area (Å²) >= 11 is 1.55. The molecule has 1 N–H and O–H groups in total. The Morgan fingerprint density at radius 3 is 2.65 bits per heavy atom. The van der Waals surface area contributed by atoms with E-state index in [1.165, 1.54) is 0 Å². The molecule has 1 aromatic carbocycles. The van der Waals surface area contributed by atoms with Crippen LogP contribution >= 0.6 is 11.3 Å². The van der Waals surface area contributed by atoms with Gasteiger partial charge in [0.25, 0.3) is 5.56 Å². The van der Waals surface area contributed by atoms with Crippen LogP contribution in [-0.2, 0) is 0 Å². The predicted octanol–water partition coefficient (Wildman–Crippen LogP) is 3.76. The molecule has 20 heavy (non-hydrogen) atoms. The van der Waals surface area contributed by atoms with E-state index in [4.69, 9.17) is 0 Å². The molecule has 4 rings (SSSR count). The lowest BCUT2D eigenvalue weighted by Gasteiger charge is -1.93. The summed E-state index contributed by atoms with van der Waals surface area (Å²) in [5.41, 5.74) is 3.28. The van der Waals surface area contributed by atoms with Gasteiger partial charge in [-0.2, -0.15) is 0 Å². The Morgan fingerprint density at radius 2 is 1.75 bits per heavy atom. The summed E-state index contributed by atoms with van der Waals surface area (Å²) in [5, 5.41) is 0.772. The van der Waals surface area contributed by atoms with Crippen LogP contribution in [0.4, 0.5) is 0 Å². The van der Waals surface area contributed by atoms with Gasteiger partial charge >= 0.3 is 0 Å². The smallest absolute Gasteiger partial charge is 0.259 e. The van der Waals surface area contributed by atoms with Crippen molar-refractivity contribution in [1.82, 2.24) is 9.97 Å². The van der Waals surface area contributed by atoms with Gasteiger partial charge in [-0.1, -0.05) is 36.4 Å². The minimum atomic E-state index is -0.0785. The third-order valence-corrected chi connectivity index (χ3v) is 4.34. The minimum absolute atomic E-state index is 0.0785. The van der Waals surface area contributed by atoms with E-state index in [2.05, 4.69) is 9.97 Å². The molecule has 0 saturated heterocycles. The number of fused-ring (bicyclic) bond motifs is 2. The molecule has 2 aromatic rings. The summed E-state index contributed by atoms with van der Waals surface area (Å²) < 4.78 is 1.09. The largest absolute Gasteiger partial charge is 0.321 e. The van der Waals surface area contributed by atoms with Crippen LogP contribution in [0.2, 0.25) is 0 Å². The van der Waals surface area contributed by atoms with Crippen molar-refractivity contribution in [2.45, 2.75) is 0 Å². The van der Waals surface area contributed by atoms with Crippen LogP contribution in [0.15, 0.2) is 59.4 Å². The molecule has 96 valence electrons. The molecular weight excluding hydrogens is 268 g/mol. The van der Waals surface area contributed by atoms with Gasteiger partial charge in [-0.25, -0.2) is 4.98 Å². The van der Waals surface area contributed by atoms with Crippen molar-refractivity contribution >= 4 is 21.6 Å². The van der Waals surface area contributed by atoms with Crippen molar-refractivity contribution < 1.29 is 0 Å². The number of benzene rings is 1. The number of hydrogen-bond acceptors (Lipinski definition) is 3. The van der Waals surface area contributed by atoms with Gasteiger partial charge in [0.15, 0.2) is 0 Å². The van der Waals surface area contributed by atoms with E-state index in [0.717, 1.165) is 26.5 Å². The highest BCUT2D eigenvalue weighted by Crippen LogP contribution is 2.34. The van der Waals surface area contributed by atoms with Crippen LogP contribution in [0, 0.1) is 0 Å². The first kappa shape index (κ1) is 11.4. The zero-order valence-corrected chi connectivity index (χ0v) is 11.3. The number of nitrogens with one attached hydrogen (secondary N) is 1. The minimum Gasteiger partial charge on any atom is -0.321 e. The molecule has 3 nitrogen and oxygen atoms in total. The third kappa shape index (κ3) is 1.66. The predicted molar refractivity (Wildman–Crippen MR) is 82.3 cm³/mol. The maximum atomic E-state index is 12.2. The molecule has 1 aliphatic heterocycles. The summed E-state index contributed by atoms with van der Waals surface area (Å²) in [6, 6.07) is 17.6. The zero-order valence-electron chi connectivity index (χ0n) is 10.5. The summed E-state index contributed by atoms with van der Waals surface area (Å²) in [4.78, 5) is 19.7.